The third-order valence-corrected chi connectivity index (χ3v) is 7.19. The number of amides is 1. The fourth-order valence-corrected chi connectivity index (χ4v) is 5.08. The molecule has 7 nitrogen and oxygen atoms in total. The van der Waals surface area contributed by atoms with E-state index in [4.69, 9.17) is 4.98 Å². The van der Waals surface area contributed by atoms with Gasteiger partial charge in [-0.05, 0) is 44.7 Å². The minimum Gasteiger partial charge on any atom is -0.367 e. The molecule has 26 heavy (non-hydrogen) atoms. The van der Waals surface area contributed by atoms with Gasteiger partial charge in [0.2, 0.25) is 10.0 Å². The van der Waals surface area contributed by atoms with Crippen molar-refractivity contribution in [3.05, 3.63) is 22.9 Å². The molecule has 1 fully saturated rings. The SMILES string of the molecule is CC(C)Nc1nc2c(cc1C(=O)N(C)C)CCN(S(=O)(=O)C1CC1)CC2. The van der Waals surface area contributed by atoms with Crippen LogP contribution in [0.1, 0.15) is 48.3 Å². The lowest BCUT2D eigenvalue weighted by molar-refractivity contribution is 0.0828. The highest BCUT2D eigenvalue weighted by Gasteiger charge is 2.40. The molecule has 1 saturated carbocycles. The number of aromatic nitrogens is 1. The molecular weight excluding hydrogens is 352 g/mol. The van der Waals surface area contributed by atoms with Gasteiger partial charge in [-0.25, -0.2) is 17.7 Å². The summed E-state index contributed by atoms with van der Waals surface area (Å²) >= 11 is 0. The Morgan fingerprint density at radius 3 is 2.50 bits per heavy atom. The normalized spacial score (nSPS) is 18.3. The maximum atomic E-state index is 12.6. The number of hydrogen-bond acceptors (Lipinski definition) is 5. The smallest absolute Gasteiger partial charge is 0.257 e. The summed E-state index contributed by atoms with van der Waals surface area (Å²) in [7, 11) is 0.255. The van der Waals surface area contributed by atoms with Crippen molar-refractivity contribution >= 4 is 21.7 Å². The first kappa shape index (κ1) is 19.1. The lowest BCUT2D eigenvalue weighted by Gasteiger charge is -2.19. The molecule has 1 aromatic heterocycles. The number of pyridine rings is 1. The maximum Gasteiger partial charge on any atom is 0.257 e. The number of sulfonamides is 1. The molecule has 2 aliphatic rings. The van der Waals surface area contributed by atoms with Crippen molar-refractivity contribution in [1.29, 1.82) is 0 Å². The first-order chi connectivity index (χ1) is 12.2. The topological polar surface area (TPSA) is 82.6 Å². The Bertz CT molecular complexity index is 801. The van der Waals surface area contributed by atoms with Crippen LogP contribution in [0.25, 0.3) is 0 Å². The van der Waals surface area contributed by atoms with Gasteiger partial charge in [0.25, 0.3) is 5.91 Å². The maximum absolute atomic E-state index is 12.6. The van der Waals surface area contributed by atoms with Crippen molar-refractivity contribution < 1.29 is 13.2 Å². The predicted octanol–water partition coefficient (Wildman–Crippen LogP) is 1.50. The van der Waals surface area contributed by atoms with Crippen LogP contribution in [0, 0.1) is 0 Å². The first-order valence-electron chi connectivity index (χ1n) is 9.20. The summed E-state index contributed by atoms with van der Waals surface area (Å²) in [5, 5.41) is 3.07. The highest BCUT2D eigenvalue weighted by atomic mass is 32.2. The van der Waals surface area contributed by atoms with Gasteiger partial charge in [0.15, 0.2) is 0 Å². The highest BCUT2D eigenvalue weighted by Crippen LogP contribution is 2.32. The van der Waals surface area contributed by atoms with Gasteiger partial charge >= 0.3 is 0 Å². The molecule has 0 radical (unpaired) electrons. The van der Waals surface area contributed by atoms with Crippen molar-refractivity contribution in [2.75, 3.05) is 32.5 Å². The highest BCUT2D eigenvalue weighted by molar-refractivity contribution is 7.90. The van der Waals surface area contributed by atoms with Gasteiger partial charge in [0, 0.05) is 45.3 Å². The van der Waals surface area contributed by atoms with Crippen LogP contribution in [-0.2, 0) is 22.9 Å². The third kappa shape index (κ3) is 3.86. The monoisotopic (exact) mass is 380 g/mol. The number of anilines is 1. The Hall–Kier alpha value is -1.67. The van der Waals surface area contributed by atoms with Crippen molar-refractivity contribution in [1.82, 2.24) is 14.2 Å². The number of fused-ring (bicyclic) bond motifs is 1. The summed E-state index contributed by atoms with van der Waals surface area (Å²) in [5.74, 6) is 0.478. The molecule has 2 heterocycles. The van der Waals surface area contributed by atoms with Gasteiger partial charge in [0.05, 0.1) is 10.8 Å². The molecule has 1 amide bonds. The lowest BCUT2D eigenvalue weighted by atomic mass is 10.0. The zero-order valence-electron chi connectivity index (χ0n) is 15.9. The fraction of sp³-hybridized carbons (Fsp3) is 0.667. The number of carbonyl (C=O) groups is 1. The molecule has 0 aromatic carbocycles. The van der Waals surface area contributed by atoms with Gasteiger partial charge in [-0.3, -0.25) is 4.79 Å². The Morgan fingerprint density at radius 2 is 1.92 bits per heavy atom. The Kier molecular flexibility index (Phi) is 5.25. The van der Waals surface area contributed by atoms with E-state index in [-0.39, 0.29) is 17.2 Å². The van der Waals surface area contributed by atoms with Crippen molar-refractivity contribution in [2.45, 2.75) is 50.8 Å². The molecule has 0 spiro atoms. The van der Waals surface area contributed by atoms with Crippen LogP contribution >= 0.6 is 0 Å². The summed E-state index contributed by atoms with van der Waals surface area (Å²) in [6.45, 7) is 4.92. The van der Waals surface area contributed by atoms with E-state index in [0.717, 1.165) is 24.1 Å². The molecule has 0 saturated heterocycles. The van der Waals surface area contributed by atoms with Crippen molar-refractivity contribution in [2.24, 2.45) is 0 Å². The summed E-state index contributed by atoms with van der Waals surface area (Å²) in [5.41, 5.74) is 2.40. The van der Waals surface area contributed by atoms with E-state index in [1.54, 1.807) is 18.4 Å². The molecule has 144 valence electrons. The zero-order valence-corrected chi connectivity index (χ0v) is 16.8. The Balaban J connectivity index is 1.92. The van der Waals surface area contributed by atoms with Crippen LogP contribution in [0.4, 0.5) is 5.82 Å². The lowest BCUT2D eigenvalue weighted by Crippen LogP contribution is -2.35. The second-order valence-corrected chi connectivity index (χ2v) is 9.85. The van der Waals surface area contributed by atoms with E-state index in [2.05, 4.69) is 5.32 Å². The minimum atomic E-state index is -3.18. The Labute approximate surface area is 155 Å². The summed E-state index contributed by atoms with van der Waals surface area (Å²) in [6.07, 6.45) is 2.70. The molecular formula is C18H28N4O3S. The predicted molar refractivity (Wildman–Crippen MR) is 102 cm³/mol. The molecule has 0 unspecified atom stereocenters. The van der Waals surface area contributed by atoms with Crippen LogP contribution in [0.3, 0.4) is 0 Å². The van der Waals surface area contributed by atoms with Crippen molar-refractivity contribution in [3.8, 4) is 0 Å². The summed E-state index contributed by atoms with van der Waals surface area (Å²) < 4.78 is 26.7. The van der Waals surface area contributed by atoms with E-state index in [9.17, 15) is 13.2 Å². The molecule has 8 heteroatoms. The van der Waals surface area contributed by atoms with E-state index < -0.39 is 10.0 Å². The van der Waals surface area contributed by atoms with Gasteiger partial charge in [-0.15, -0.1) is 0 Å². The number of hydrogen-bond donors (Lipinski definition) is 1. The standard InChI is InChI=1S/C18H28N4O3S/c1-12(2)19-17-15(18(23)21(3)4)11-13-7-9-22(10-8-16(13)20-17)26(24,25)14-5-6-14/h11-12,14H,5-10H2,1-4H3,(H,19,20). The molecule has 0 bridgehead atoms. The third-order valence-electron chi connectivity index (χ3n) is 4.79. The average molecular weight is 381 g/mol. The van der Waals surface area contributed by atoms with Crippen LogP contribution in [-0.4, -0.2) is 67.0 Å². The summed E-state index contributed by atoms with van der Waals surface area (Å²) in [4.78, 5) is 18.8. The second kappa shape index (κ2) is 7.15. The second-order valence-electron chi connectivity index (χ2n) is 7.63. The molecule has 1 aliphatic carbocycles. The quantitative estimate of drug-likeness (QED) is 0.837. The van der Waals surface area contributed by atoms with E-state index in [1.165, 1.54) is 4.90 Å². The van der Waals surface area contributed by atoms with E-state index >= 15 is 0 Å². The van der Waals surface area contributed by atoms with Crippen LogP contribution < -0.4 is 5.32 Å². The molecule has 1 aromatic rings. The Morgan fingerprint density at radius 1 is 1.27 bits per heavy atom. The van der Waals surface area contributed by atoms with Gasteiger partial charge in [-0.1, -0.05) is 0 Å². The first-order valence-corrected chi connectivity index (χ1v) is 10.7. The number of nitrogens with zero attached hydrogens (tertiary/aromatic N) is 3. The average Bonchev–Trinajstić information content (AvgIpc) is 3.39. The largest absolute Gasteiger partial charge is 0.367 e. The summed E-state index contributed by atoms with van der Waals surface area (Å²) in [6, 6.07) is 2.04. The van der Waals surface area contributed by atoms with Gasteiger partial charge in [0.1, 0.15) is 5.82 Å². The van der Waals surface area contributed by atoms with Crippen LogP contribution in [0.5, 0.6) is 0 Å². The van der Waals surface area contributed by atoms with Crippen LogP contribution in [0.2, 0.25) is 0 Å². The number of rotatable bonds is 5. The van der Waals surface area contributed by atoms with Crippen molar-refractivity contribution in [3.63, 3.8) is 0 Å². The number of nitrogens with one attached hydrogen (secondary N) is 1. The number of carbonyl (C=O) groups excluding carboxylic acids is 1. The fourth-order valence-electron chi connectivity index (χ4n) is 3.23. The van der Waals surface area contributed by atoms with E-state index in [1.807, 2.05) is 19.9 Å². The van der Waals surface area contributed by atoms with Gasteiger partial charge in [-0.2, -0.15) is 0 Å². The molecule has 0 atom stereocenters. The molecule has 1 aliphatic heterocycles. The molecule has 3 rings (SSSR count). The van der Waals surface area contributed by atoms with Crippen LogP contribution in [0.15, 0.2) is 6.07 Å². The molecule has 1 N–H and O–H groups in total. The minimum absolute atomic E-state index is 0.102. The zero-order chi connectivity index (χ0) is 19.1. The van der Waals surface area contributed by atoms with E-state index in [0.29, 0.717) is 37.3 Å². The van der Waals surface area contributed by atoms with Gasteiger partial charge < -0.3 is 10.2 Å².